The molecule has 1 aliphatic carbocycles. The summed E-state index contributed by atoms with van der Waals surface area (Å²) in [6.07, 6.45) is 5.47. The van der Waals surface area contributed by atoms with E-state index in [2.05, 4.69) is 5.32 Å². The quantitative estimate of drug-likeness (QED) is 0.550. The van der Waals surface area contributed by atoms with Crippen LogP contribution in [0.5, 0.6) is 0 Å². The molecule has 2 N–H and O–H groups in total. The van der Waals surface area contributed by atoms with Gasteiger partial charge in [-0.3, -0.25) is 4.79 Å². The van der Waals surface area contributed by atoms with E-state index >= 15 is 0 Å². The van der Waals surface area contributed by atoms with Gasteiger partial charge in [-0.2, -0.15) is 0 Å². The molecule has 0 heterocycles. The topological polar surface area (TPSA) is 58.6 Å². The summed E-state index contributed by atoms with van der Waals surface area (Å²) in [4.78, 5) is 11.1. The van der Waals surface area contributed by atoms with Gasteiger partial charge in [-0.05, 0) is 19.8 Å². The fraction of sp³-hybridized carbons (Fsp3) is 0.917. The van der Waals surface area contributed by atoms with E-state index in [1.54, 1.807) is 6.92 Å². The zero-order valence-electron chi connectivity index (χ0n) is 10.1. The first-order valence-corrected chi connectivity index (χ1v) is 6.31. The zero-order valence-corrected chi connectivity index (χ0v) is 10.1. The Morgan fingerprint density at radius 2 is 2.12 bits per heavy atom. The average Bonchev–Trinajstić information content (AvgIpc) is 2.45. The molecule has 0 spiro atoms. The number of hydrogen-bond donors (Lipinski definition) is 2. The molecule has 2 unspecified atom stereocenters. The molecule has 0 amide bonds. The molecule has 0 radical (unpaired) electrons. The summed E-state index contributed by atoms with van der Waals surface area (Å²) in [5.74, 6) is -0.168. The van der Waals surface area contributed by atoms with Gasteiger partial charge in [0.25, 0.3) is 0 Å². The highest BCUT2D eigenvalue weighted by molar-refractivity contribution is 5.69. The third-order valence-corrected chi connectivity index (χ3v) is 3.02. The van der Waals surface area contributed by atoms with Gasteiger partial charge in [0.2, 0.25) is 0 Å². The number of ether oxygens (including phenoxy) is 1. The normalized spacial score (nSPS) is 26.1. The van der Waals surface area contributed by atoms with Gasteiger partial charge in [0, 0.05) is 12.6 Å². The van der Waals surface area contributed by atoms with E-state index in [4.69, 9.17) is 4.74 Å². The van der Waals surface area contributed by atoms with Crippen molar-refractivity contribution in [3.63, 3.8) is 0 Å². The molecule has 94 valence electrons. The number of carbonyl (C=O) groups excluding carboxylic acids is 1. The van der Waals surface area contributed by atoms with Crippen LogP contribution in [0.4, 0.5) is 0 Å². The van der Waals surface area contributed by atoms with Crippen molar-refractivity contribution in [1.29, 1.82) is 0 Å². The molecule has 0 bridgehead atoms. The predicted molar refractivity (Wildman–Crippen MR) is 62.1 cm³/mol. The molecule has 0 aromatic rings. The van der Waals surface area contributed by atoms with Crippen molar-refractivity contribution in [2.24, 2.45) is 0 Å². The predicted octanol–water partition coefficient (Wildman–Crippen LogP) is 1.22. The van der Waals surface area contributed by atoms with Gasteiger partial charge in [-0.25, -0.2) is 0 Å². The molecule has 1 saturated carbocycles. The molecule has 1 rings (SSSR count). The van der Waals surface area contributed by atoms with Gasteiger partial charge in [-0.1, -0.05) is 19.3 Å². The second-order valence-corrected chi connectivity index (χ2v) is 4.32. The van der Waals surface area contributed by atoms with Crippen molar-refractivity contribution < 1.29 is 14.6 Å². The molecule has 0 aromatic carbocycles. The molecule has 2 atom stereocenters. The minimum absolute atomic E-state index is 0.150. The van der Waals surface area contributed by atoms with Crippen LogP contribution in [0.3, 0.4) is 0 Å². The number of aliphatic hydroxyl groups excluding tert-OH is 1. The first kappa shape index (κ1) is 13.5. The first-order chi connectivity index (χ1) is 7.74. The Morgan fingerprint density at radius 3 is 2.88 bits per heavy atom. The maximum absolute atomic E-state index is 11.1. The average molecular weight is 229 g/mol. The lowest BCUT2D eigenvalue weighted by Gasteiger charge is -2.21. The van der Waals surface area contributed by atoms with Crippen LogP contribution >= 0.6 is 0 Å². The second kappa shape index (κ2) is 7.63. The Bertz CT molecular complexity index is 208. The smallest absolute Gasteiger partial charge is 0.307 e. The highest BCUT2D eigenvalue weighted by Crippen LogP contribution is 2.17. The van der Waals surface area contributed by atoms with Gasteiger partial charge in [0.05, 0.1) is 19.1 Å². The number of hydrogen-bond acceptors (Lipinski definition) is 4. The Hall–Kier alpha value is -0.610. The van der Waals surface area contributed by atoms with Gasteiger partial charge >= 0.3 is 5.97 Å². The van der Waals surface area contributed by atoms with Gasteiger partial charge in [0.15, 0.2) is 0 Å². The molecular formula is C12H23NO3. The van der Waals surface area contributed by atoms with Gasteiger partial charge in [0.1, 0.15) is 0 Å². The van der Waals surface area contributed by atoms with Gasteiger partial charge in [-0.15, -0.1) is 0 Å². The molecule has 0 saturated heterocycles. The summed E-state index contributed by atoms with van der Waals surface area (Å²) in [5, 5.41) is 13.1. The maximum Gasteiger partial charge on any atom is 0.307 e. The van der Waals surface area contributed by atoms with Gasteiger partial charge < -0.3 is 15.2 Å². The lowest BCUT2D eigenvalue weighted by Crippen LogP contribution is -2.40. The zero-order chi connectivity index (χ0) is 11.8. The highest BCUT2D eigenvalue weighted by Gasteiger charge is 2.20. The highest BCUT2D eigenvalue weighted by atomic mass is 16.5. The van der Waals surface area contributed by atoms with Crippen molar-refractivity contribution in [3.8, 4) is 0 Å². The first-order valence-electron chi connectivity index (χ1n) is 6.31. The standard InChI is InChI=1S/C12H23NO3/c1-2-16-12(15)8-9-13-10-6-4-3-5-7-11(10)14/h10-11,13-14H,2-9H2,1H3. The number of nitrogens with one attached hydrogen (secondary N) is 1. The Kier molecular flexibility index (Phi) is 6.42. The van der Waals surface area contributed by atoms with Crippen LogP contribution < -0.4 is 5.32 Å². The Labute approximate surface area is 97.4 Å². The molecule has 0 aromatic heterocycles. The van der Waals surface area contributed by atoms with Crippen LogP contribution in [-0.4, -0.2) is 36.4 Å². The molecule has 4 heteroatoms. The van der Waals surface area contributed by atoms with E-state index in [1.165, 1.54) is 6.42 Å². The van der Waals surface area contributed by atoms with E-state index in [0.29, 0.717) is 19.6 Å². The van der Waals surface area contributed by atoms with Crippen LogP contribution in [-0.2, 0) is 9.53 Å². The van der Waals surface area contributed by atoms with Crippen molar-refractivity contribution in [1.82, 2.24) is 5.32 Å². The molecule has 16 heavy (non-hydrogen) atoms. The summed E-state index contributed by atoms with van der Waals surface area (Å²) in [6.45, 7) is 2.84. The van der Waals surface area contributed by atoms with E-state index < -0.39 is 0 Å². The third kappa shape index (κ3) is 4.94. The molecule has 1 fully saturated rings. The minimum atomic E-state index is -0.260. The van der Waals surface area contributed by atoms with Crippen molar-refractivity contribution in [2.45, 2.75) is 57.6 Å². The second-order valence-electron chi connectivity index (χ2n) is 4.32. The Balaban J connectivity index is 2.17. The largest absolute Gasteiger partial charge is 0.466 e. The summed E-state index contributed by atoms with van der Waals surface area (Å²) in [5.41, 5.74) is 0. The van der Waals surface area contributed by atoms with Crippen molar-refractivity contribution >= 4 is 5.97 Å². The molecule has 4 nitrogen and oxygen atoms in total. The van der Waals surface area contributed by atoms with Crippen LogP contribution in [0, 0.1) is 0 Å². The maximum atomic E-state index is 11.1. The van der Waals surface area contributed by atoms with Crippen LogP contribution in [0.15, 0.2) is 0 Å². The molecular weight excluding hydrogens is 206 g/mol. The van der Waals surface area contributed by atoms with E-state index in [-0.39, 0.29) is 18.1 Å². The van der Waals surface area contributed by atoms with E-state index in [1.807, 2.05) is 0 Å². The van der Waals surface area contributed by atoms with Crippen LogP contribution in [0.25, 0.3) is 0 Å². The lowest BCUT2D eigenvalue weighted by molar-refractivity contribution is -0.143. The lowest BCUT2D eigenvalue weighted by atomic mass is 10.1. The summed E-state index contributed by atoms with van der Waals surface area (Å²) >= 11 is 0. The number of carbonyl (C=O) groups is 1. The summed E-state index contributed by atoms with van der Waals surface area (Å²) in [6, 6.07) is 0.150. The number of esters is 1. The fourth-order valence-electron chi connectivity index (χ4n) is 2.12. The van der Waals surface area contributed by atoms with Crippen LogP contribution in [0.1, 0.15) is 45.4 Å². The minimum Gasteiger partial charge on any atom is -0.466 e. The van der Waals surface area contributed by atoms with Crippen LogP contribution in [0.2, 0.25) is 0 Å². The molecule has 1 aliphatic rings. The Morgan fingerprint density at radius 1 is 1.38 bits per heavy atom. The number of aliphatic hydroxyl groups is 1. The third-order valence-electron chi connectivity index (χ3n) is 3.02. The summed E-state index contributed by atoms with van der Waals surface area (Å²) in [7, 11) is 0. The van der Waals surface area contributed by atoms with E-state index in [9.17, 15) is 9.90 Å². The van der Waals surface area contributed by atoms with Crippen molar-refractivity contribution in [3.05, 3.63) is 0 Å². The number of rotatable bonds is 5. The fourth-order valence-corrected chi connectivity index (χ4v) is 2.12. The van der Waals surface area contributed by atoms with Crippen molar-refractivity contribution in [2.75, 3.05) is 13.2 Å². The monoisotopic (exact) mass is 229 g/mol. The van der Waals surface area contributed by atoms with E-state index in [0.717, 1.165) is 25.7 Å². The SMILES string of the molecule is CCOC(=O)CCNC1CCCCCC1O. The molecule has 0 aliphatic heterocycles. The summed E-state index contributed by atoms with van der Waals surface area (Å²) < 4.78 is 4.84.